The number of ether oxygens (including phenoxy) is 1. The zero-order valence-electron chi connectivity index (χ0n) is 14.6. The lowest BCUT2D eigenvalue weighted by molar-refractivity contribution is -0.137. The normalized spacial score (nSPS) is 11.6. The second kappa shape index (κ2) is 9.77. The van der Waals surface area contributed by atoms with Crippen LogP contribution in [0.4, 0.5) is 13.2 Å². The first-order chi connectivity index (χ1) is 12.8. The van der Waals surface area contributed by atoms with Gasteiger partial charge in [-0.3, -0.25) is 4.79 Å². The van der Waals surface area contributed by atoms with Gasteiger partial charge in [-0.1, -0.05) is 30.0 Å². The number of aliphatic hydroxyl groups is 1. The van der Waals surface area contributed by atoms with E-state index in [0.717, 1.165) is 12.1 Å². The first-order valence-corrected chi connectivity index (χ1v) is 9.03. The van der Waals surface area contributed by atoms with Gasteiger partial charge in [-0.25, -0.2) is 4.98 Å². The number of nitrogens with zero attached hydrogens (tertiary/aromatic N) is 2. The molecule has 0 atom stereocenters. The summed E-state index contributed by atoms with van der Waals surface area (Å²) in [6.07, 6.45) is -2.96. The second-order valence-corrected chi connectivity index (χ2v) is 6.55. The molecule has 2 aromatic rings. The molecule has 1 heterocycles. The van der Waals surface area contributed by atoms with Crippen LogP contribution >= 0.6 is 11.8 Å². The van der Waals surface area contributed by atoms with Crippen LogP contribution in [0.15, 0.2) is 35.6 Å². The van der Waals surface area contributed by atoms with E-state index in [-0.39, 0.29) is 24.8 Å². The van der Waals surface area contributed by atoms with Gasteiger partial charge in [-0.15, -0.1) is 0 Å². The highest BCUT2D eigenvalue weighted by molar-refractivity contribution is 7.98. The van der Waals surface area contributed by atoms with Crippen LogP contribution in [0.2, 0.25) is 0 Å². The largest absolute Gasteiger partial charge is 0.416 e. The minimum absolute atomic E-state index is 0.0511. The number of aromatic nitrogens is 2. The van der Waals surface area contributed by atoms with Gasteiger partial charge in [0.15, 0.2) is 5.16 Å². The zero-order valence-corrected chi connectivity index (χ0v) is 15.4. The highest BCUT2D eigenvalue weighted by atomic mass is 32.2. The van der Waals surface area contributed by atoms with Crippen LogP contribution in [-0.4, -0.2) is 40.8 Å². The van der Waals surface area contributed by atoms with E-state index in [0.29, 0.717) is 29.6 Å². The van der Waals surface area contributed by atoms with Crippen molar-refractivity contribution in [2.75, 3.05) is 20.3 Å². The molecule has 2 N–H and O–H groups in total. The Morgan fingerprint density at radius 1 is 1.41 bits per heavy atom. The maximum Gasteiger partial charge on any atom is 0.416 e. The summed E-state index contributed by atoms with van der Waals surface area (Å²) in [6.45, 7) is 0.373. The molecule has 1 amide bonds. The number of alkyl halides is 3. The average molecular weight is 403 g/mol. The Hall–Kier alpha value is -2.04. The van der Waals surface area contributed by atoms with Gasteiger partial charge in [0.05, 0.1) is 30.7 Å². The topological polar surface area (TPSA) is 76.4 Å². The van der Waals surface area contributed by atoms with Crippen molar-refractivity contribution in [2.24, 2.45) is 0 Å². The highest BCUT2D eigenvalue weighted by Crippen LogP contribution is 2.31. The van der Waals surface area contributed by atoms with Crippen molar-refractivity contribution in [2.45, 2.75) is 30.2 Å². The maximum absolute atomic E-state index is 12.8. The molecule has 0 aliphatic heterocycles. The number of hydrogen-bond acceptors (Lipinski definition) is 5. The summed E-state index contributed by atoms with van der Waals surface area (Å²) >= 11 is 1.19. The molecule has 2 rings (SSSR count). The number of hydrogen-bond donors (Lipinski definition) is 2. The number of carbonyl (C=O) groups is 1. The second-order valence-electron chi connectivity index (χ2n) is 5.61. The summed E-state index contributed by atoms with van der Waals surface area (Å²) in [5, 5.41) is 12.5. The minimum Gasteiger partial charge on any atom is -0.390 e. The van der Waals surface area contributed by atoms with Crippen molar-refractivity contribution < 1.29 is 27.8 Å². The van der Waals surface area contributed by atoms with E-state index in [9.17, 15) is 23.1 Å². The fraction of sp³-hybridized carbons (Fsp3) is 0.412. The number of methoxy groups -OCH3 is 1. The van der Waals surface area contributed by atoms with Crippen molar-refractivity contribution in [3.8, 4) is 0 Å². The number of halogens is 3. The maximum atomic E-state index is 12.8. The summed E-state index contributed by atoms with van der Waals surface area (Å²) < 4.78 is 44.8. The van der Waals surface area contributed by atoms with Gasteiger partial charge in [-0.05, 0) is 11.6 Å². The van der Waals surface area contributed by atoms with E-state index in [4.69, 9.17) is 4.74 Å². The summed E-state index contributed by atoms with van der Waals surface area (Å²) in [6, 6.07) is 5.06. The minimum atomic E-state index is -4.40. The monoisotopic (exact) mass is 403 g/mol. The van der Waals surface area contributed by atoms with Crippen LogP contribution < -0.4 is 5.32 Å². The number of carbonyl (C=O) groups excluding carboxylic acids is 1. The Bertz CT molecular complexity index is 765. The molecule has 0 saturated carbocycles. The van der Waals surface area contributed by atoms with Gasteiger partial charge < -0.3 is 19.7 Å². The third kappa shape index (κ3) is 6.26. The molecule has 6 nitrogen and oxygen atoms in total. The van der Waals surface area contributed by atoms with Crippen LogP contribution in [0.1, 0.15) is 16.8 Å². The lowest BCUT2D eigenvalue weighted by Gasteiger charge is -2.12. The Balaban J connectivity index is 2.06. The van der Waals surface area contributed by atoms with Crippen LogP contribution in [0.25, 0.3) is 0 Å². The van der Waals surface area contributed by atoms with Gasteiger partial charge in [0.1, 0.15) is 6.54 Å². The first kappa shape index (κ1) is 21.3. The standard InChI is InChI=1S/C17H20F3N3O3S/c1-26-6-5-21-15(25)9-23-14(10-24)8-22-16(23)27-11-12-3-2-4-13(7-12)17(18,19)20/h2-4,7-8,24H,5-6,9-11H2,1H3,(H,21,25). The number of aliphatic hydroxyl groups excluding tert-OH is 1. The Labute approximate surface area is 158 Å². The number of rotatable bonds is 9. The molecule has 1 aromatic carbocycles. The lowest BCUT2D eigenvalue weighted by Crippen LogP contribution is -2.31. The molecule has 0 aliphatic carbocycles. The fourth-order valence-corrected chi connectivity index (χ4v) is 3.22. The van der Waals surface area contributed by atoms with Gasteiger partial charge in [0.25, 0.3) is 0 Å². The Morgan fingerprint density at radius 3 is 2.85 bits per heavy atom. The van der Waals surface area contributed by atoms with Gasteiger partial charge in [-0.2, -0.15) is 13.2 Å². The van der Waals surface area contributed by atoms with Crippen LogP contribution in [0, 0.1) is 0 Å². The zero-order chi connectivity index (χ0) is 19.9. The fourth-order valence-electron chi connectivity index (χ4n) is 2.28. The van der Waals surface area contributed by atoms with Crippen molar-refractivity contribution in [3.05, 3.63) is 47.3 Å². The summed E-state index contributed by atoms with van der Waals surface area (Å²) in [5.74, 6) is -0.0300. The van der Waals surface area contributed by atoms with E-state index < -0.39 is 11.7 Å². The van der Waals surface area contributed by atoms with Crippen LogP contribution in [-0.2, 0) is 34.6 Å². The smallest absolute Gasteiger partial charge is 0.390 e. The number of thioether (sulfide) groups is 1. The van der Waals surface area contributed by atoms with Crippen molar-refractivity contribution in [1.29, 1.82) is 0 Å². The summed E-state index contributed by atoms with van der Waals surface area (Å²) in [4.78, 5) is 16.2. The Morgan fingerprint density at radius 2 is 2.19 bits per heavy atom. The first-order valence-electron chi connectivity index (χ1n) is 8.05. The average Bonchev–Trinajstić information content (AvgIpc) is 3.01. The van der Waals surface area contributed by atoms with Crippen LogP contribution in [0.5, 0.6) is 0 Å². The number of imidazole rings is 1. The molecule has 0 radical (unpaired) electrons. The molecule has 0 spiro atoms. The van der Waals surface area contributed by atoms with E-state index in [1.807, 2.05) is 0 Å². The van der Waals surface area contributed by atoms with Crippen molar-refractivity contribution >= 4 is 17.7 Å². The van der Waals surface area contributed by atoms with Crippen LogP contribution in [0.3, 0.4) is 0 Å². The molecule has 27 heavy (non-hydrogen) atoms. The molecule has 148 valence electrons. The number of benzene rings is 1. The molecule has 0 unspecified atom stereocenters. The van der Waals surface area contributed by atoms with Crippen molar-refractivity contribution in [3.63, 3.8) is 0 Å². The third-order valence-corrected chi connectivity index (χ3v) is 4.68. The SMILES string of the molecule is COCCNC(=O)Cn1c(CO)cnc1SCc1cccc(C(F)(F)F)c1. The molecule has 10 heteroatoms. The van der Waals surface area contributed by atoms with E-state index in [1.54, 1.807) is 10.6 Å². The molecular weight excluding hydrogens is 383 g/mol. The molecule has 0 bridgehead atoms. The number of amides is 1. The molecular formula is C17H20F3N3O3S. The third-order valence-electron chi connectivity index (χ3n) is 3.62. The van der Waals surface area contributed by atoms with Gasteiger partial charge in [0, 0.05) is 19.4 Å². The summed E-state index contributed by atoms with van der Waals surface area (Å²) in [7, 11) is 1.52. The highest BCUT2D eigenvalue weighted by Gasteiger charge is 2.30. The quantitative estimate of drug-likeness (QED) is 0.497. The van der Waals surface area contributed by atoms with Crippen molar-refractivity contribution in [1.82, 2.24) is 14.9 Å². The molecule has 0 saturated heterocycles. The van der Waals surface area contributed by atoms with E-state index in [1.165, 1.54) is 31.1 Å². The van der Waals surface area contributed by atoms with E-state index >= 15 is 0 Å². The molecule has 0 aliphatic rings. The van der Waals surface area contributed by atoms with Gasteiger partial charge in [0.2, 0.25) is 5.91 Å². The predicted molar refractivity (Wildman–Crippen MR) is 94.0 cm³/mol. The van der Waals surface area contributed by atoms with Gasteiger partial charge >= 0.3 is 6.18 Å². The lowest BCUT2D eigenvalue weighted by atomic mass is 10.1. The van der Waals surface area contributed by atoms with E-state index in [2.05, 4.69) is 10.3 Å². The molecule has 1 aromatic heterocycles. The number of nitrogens with one attached hydrogen (secondary N) is 1. The molecule has 0 fully saturated rings. The predicted octanol–water partition coefficient (Wildman–Crippen LogP) is 2.45. The Kier molecular flexibility index (Phi) is 7.69. The summed E-state index contributed by atoms with van der Waals surface area (Å²) in [5.41, 5.74) is 0.223.